The maximum absolute atomic E-state index is 12.6. The Morgan fingerprint density at radius 2 is 1.78 bits per heavy atom. The lowest BCUT2D eigenvalue weighted by molar-refractivity contribution is -0.126. The maximum atomic E-state index is 12.6. The Morgan fingerprint density at radius 3 is 2.47 bits per heavy atom. The molecule has 1 N–H and O–H groups in total. The molecule has 5 rings (SSSR count). The summed E-state index contributed by atoms with van der Waals surface area (Å²) in [5.74, 6) is 0.181. The van der Waals surface area contributed by atoms with Crippen LogP contribution < -0.4 is 10.2 Å². The Labute approximate surface area is 193 Å². The summed E-state index contributed by atoms with van der Waals surface area (Å²) < 4.78 is 29.1. The van der Waals surface area contributed by atoms with Gasteiger partial charge in [0.05, 0.1) is 11.5 Å². The van der Waals surface area contributed by atoms with Gasteiger partial charge in [-0.15, -0.1) is 0 Å². The van der Waals surface area contributed by atoms with E-state index in [9.17, 15) is 13.2 Å². The van der Waals surface area contributed by atoms with Gasteiger partial charge in [0.1, 0.15) is 15.4 Å². The fraction of sp³-hybridized carbons (Fsp3) is 0.652. The summed E-state index contributed by atoms with van der Waals surface area (Å²) in [6, 6.07) is 6.40. The van der Waals surface area contributed by atoms with Crippen LogP contribution in [0.3, 0.4) is 0 Å². The number of rotatable bonds is 3. The number of piperidine rings is 1. The Hall–Kier alpha value is -1.80. The SMILES string of the molecule is O=C(NC1CCC2(CC1)CCN(c1nc3cc(Cl)ccc3o1)CC2)C1CCS(=O)(=O)CC1. The lowest BCUT2D eigenvalue weighted by Crippen LogP contribution is -2.47. The molecule has 1 saturated carbocycles. The van der Waals surface area contributed by atoms with E-state index in [2.05, 4.69) is 15.2 Å². The number of fused-ring (bicyclic) bond motifs is 1. The topological polar surface area (TPSA) is 92.5 Å². The van der Waals surface area contributed by atoms with E-state index in [0.717, 1.165) is 62.7 Å². The molecule has 2 aromatic rings. The number of sulfone groups is 1. The molecule has 174 valence electrons. The monoisotopic (exact) mass is 479 g/mol. The van der Waals surface area contributed by atoms with Crippen LogP contribution in [0.1, 0.15) is 51.4 Å². The average Bonchev–Trinajstić information content (AvgIpc) is 3.19. The van der Waals surface area contributed by atoms with Gasteiger partial charge in [-0.1, -0.05) is 11.6 Å². The number of oxazole rings is 1. The predicted octanol–water partition coefficient (Wildman–Crippen LogP) is 3.95. The second-order valence-electron chi connectivity index (χ2n) is 9.80. The summed E-state index contributed by atoms with van der Waals surface area (Å²) in [7, 11) is -2.94. The Balaban J connectivity index is 1.12. The van der Waals surface area contributed by atoms with Crippen molar-refractivity contribution in [1.82, 2.24) is 10.3 Å². The summed E-state index contributed by atoms with van der Waals surface area (Å²) in [4.78, 5) is 19.4. The quantitative estimate of drug-likeness (QED) is 0.716. The average molecular weight is 480 g/mol. The van der Waals surface area contributed by atoms with E-state index in [1.807, 2.05) is 18.2 Å². The Kier molecular flexibility index (Phi) is 5.86. The molecule has 7 nitrogen and oxygen atoms in total. The van der Waals surface area contributed by atoms with Gasteiger partial charge >= 0.3 is 0 Å². The number of halogens is 1. The fourth-order valence-electron chi connectivity index (χ4n) is 5.54. The maximum Gasteiger partial charge on any atom is 0.298 e. The summed E-state index contributed by atoms with van der Waals surface area (Å²) >= 11 is 6.06. The zero-order chi connectivity index (χ0) is 22.3. The summed E-state index contributed by atoms with van der Waals surface area (Å²) in [6.45, 7) is 1.85. The third-order valence-corrected chi connectivity index (χ3v) is 9.70. The van der Waals surface area contributed by atoms with Crippen molar-refractivity contribution in [2.75, 3.05) is 29.5 Å². The van der Waals surface area contributed by atoms with Gasteiger partial charge in [0, 0.05) is 30.1 Å². The van der Waals surface area contributed by atoms with Crippen molar-refractivity contribution in [1.29, 1.82) is 0 Å². The van der Waals surface area contributed by atoms with Gasteiger partial charge in [0.15, 0.2) is 5.58 Å². The van der Waals surface area contributed by atoms with Crippen molar-refractivity contribution in [3.05, 3.63) is 23.2 Å². The molecule has 3 aliphatic rings. The van der Waals surface area contributed by atoms with Gasteiger partial charge in [-0.05, 0) is 75.0 Å². The first-order valence-corrected chi connectivity index (χ1v) is 13.8. The van der Waals surface area contributed by atoms with Crippen LogP contribution in [-0.4, -0.2) is 49.9 Å². The van der Waals surface area contributed by atoms with Crippen LogP contribution in [0, 0.1) is 11.3 Å². The van der Waals surface area contributed by atoms with Crippen LogP contribution in [0.2, 0.25) is 5.02 Å². The molecule has 0 atom stereocenters. The van der Waals surface area contributed by atoms with E-state index in [0.29, 0.717) is 29.3 Å². The number of anilines is 1. The fourth-order valence-corrected chi connectivity index (χ4v) is 7.20. The molecular weight excluding hydrogens is 450 g/mol. The molecule has 2 saturated heterocycles. The van der Waals surface area contributed by atoms with Gasteiger partial charge in [-0.3, -0.25) is 4.79 Å². The molecule has 32 heavy (non-hydrogen) atoms. The Bertz CT molecular complexity index is 1080. The van der Waals surface area contributed by atoms with Crippen molar-refractivity contribution in [2.45, 2.75) is 57.4 Å². The molecule has 1 aromatic carbocycles. The van der Waals surface area contributed by atoms with E-state index in [1.165, 1.54) is 0 Å². The minimum Gasteiger partial charge on any atom is -0.423 e. The van der Waals surface area contributed by atoms with E-state index in [-0.39, 0.29) is 29.4 Å². The van der Waals surface area contributed by atoms with Crippen molar-refractivity contribution in [2.24, 2.45) is 11.3 Å². The number of aromatic nitrogens is 1. The molecule has 9 heteroatoms. The number of nitrogens with one attached hydrogen (secondary N) is 1. The lowest BCUT2D eigenvalue weighted by atomic mass is 9.67. The van der Waals surface area contributed by atoms with Gasteiger partial charge in [0.2, 0.25) is 5.91 Å². The van der Waals surface area contributed by atoms with Crippen LogP contribution in [0.15, 0.2) is 22.6 Å². The van der Waals surface area contributed by atoms with Crippen molar-refractivity contribution >= 4 is 44.5 Å². The highest BCUT2D eigenvalue weighted by Gasteiger charge is 2.39. The molecule has 0 radical (unpaired) electrons. The van der Waals surface area contributed by atoms with Crippen molar-refractivity contribution < 1.29 is 17.6 Å². The number of benzene rings is 1. The third kappa shape index (κ3) is 4.62. The smallest absolute Gasteiger partial charge is 0.298 e. The highest BCUT2D eigenvalue weighted by atomic mass is 35.5. The third-order valence-electron chi connectivity index (χ3n) is 7.75. The first-order valence-electron chi connectivity index (χ1n) is 11.6. The zero-order valence-electron chi connectivity index (χ0n) is 18.2. The molecule has 3 fully saturated rings. The largest absolute Gasteiger partial charge is 0.423 e. The molecule has 2 aliphatic heterocycles. The van der Waals surface area contributed by atoms with Gasteiger partial charge in [-0.2, -0.15) is 4.98 Å². The molecule has 1 amide bonds. The standard InChI is InChI=1S/C23H30ClN3O4S/c24-17-1-2-20-19(15-17)26-22(31-20)27-11-9-23(10-12-27)7-3-18(4-8-23)25-21(28)16-5-13-32(29,30)14-6-16/h1-2,15-16,18H,3-14H2,(H,25,28). The summed E-state index contributed by atoms with van der Waals surface area (Å²) in [5.41, 5.74) is 1.89. The first-order chi connectivity index (χ1) is 15.3. The van der Waals surface area contributed by atoms with Crippen LogP contribution in [0.25, 0.3) is 11.1 Å². The van der Waals surface area contributed by atoms with E-state index >= 15 is 0 Å². The van der Waals surface area contributed by atoms with E-state index in [1.54, 1.807) is 0 Å². The summed E-state index contributed by atoms with van der Waals surface area (Å²) in [6.07, 6.45) is 7.37. The molecule has 1 aliphatic carbocycles. The number of amides is 1. The second kappa shape index (κ2) is 8.52. The molecule has 1 aromatic heterocycles. The van der Waals surface area contributed by atoms with Crippen LogP contribution in [-0.2, 0) is 14.6 Å². The Morgan fingerprint density at radius 1 is 1.09 bits per heavy atom. The van der Waals surface area contributed by atoms with Crippen molar-refractivity contribution in [3.8, 4) is 0 Å². The molecule has 0 unspecified atom stereocenters. The summed E-state index contributed by atoms with van der Waals surface area (Å²) in [5, 5.41) is 3.87. The lowest BCUT2D eigenvalue weighted by Gasteiger charge is -2.45. The highest BCUT2D eigenvalue weighted by Crippen LogP contribution is 2.45. The number of hydrogen-bond donors (Lipinski definition) is 1. The zero-order valence-corrected chi connectivity index (χ0v) is 19.8. The van der Waals surface area contributed by atoms with Crippen LogP contribution >= 0.6 is 11.6 Å². The van der Waals surface area contributed by atoms with E-state index in [4.69, 9.17) is 16.0 Å². The molecular formula is C23H30ClN3O4S. The normalized spacial score (nSPS) is 24.1. The van der Waals surface area contributed by atoms with Crippen LogP contribution in [0.4, 0.5) is 6.01 Å². The van der Waals surface area contributed by atoms with E-state index < -0.39 is 9.84 Å². The van der Waals surface area contributed by atoms with Crippen molar-refractivity contribution in [3.63, 3.8) is 0 Å². The second-order valence-corrected chi connectivity index (χ2v) is 12.5. The molecule has 1 spiro atoms. The minimum atomic E-state index is -2.94. The van der Waals surface area contributed by atoms with Gasteiger partial charge in [0.25, 0.3) is 6.01 Å². The van der Waals surface area contributed by atoms with Gasteiger partial charge in [-0.25, -0.2) is 8.42 Å². The van der Waals surface area contributed by atoms with Gasteiger partial charge < -0.3 is 14.6 Å². The number of nitrogens with zero attached hydrogens (tertiary/aromatic N) is 2. The first kappa shape index (κ1) is 22.0. The minimum absolute atomic E-state index is 0.0479. The molecule has 0 bridgehead atoms. The highest BCUT2D eigenvalue weighted by molar-refractivity contribution is 7.91. The number of carbonyl (C=O) groups is 1. The van der Waals surface area contributed by atoms with Crippen LogP contribution in [0.5, 0.6) is 0 Å². The number of carbonyl (C=O) groups excluding carboxylic acids is 1. The number of hydrogen-bond acceptors (Lipinski definition) is 6. The molecule has 3 heterocycles. The predicted molar refractivity (Wildman–Crippen MR) is 125 cm³/mol.